The molecule has 0 fully saturated rings. The van der Waals surface area contributed by atoms with Crippen molar-refractivity contribution in [3.05, 3.63) is 216 Å². The molecule has 2 aliphatic rings. The summed E-state index contributed by atoms with van der Waals surface area (Å²) in [5.41, 5.74) is 22.8. The van der Waals surface area contributed by atoms with Crippen LogP contribution in [0.15, 0.2) is 194 Å². The van der Waals surface area contributed by atoms with E-state index in [9.17, 15) is 0 Å². The maximum Gasteiger partial charge on any atom is 0.0544 e. The molecule has 0 aliphatic heterocycles. The first-order chi connectivity index (χ1) is 30.3. The Morgan fingerprint density at radius 2 is 0.758 bits per heavy atom. The molecule has 0 N–H and O–H groups in total. The zero-order chi connectivity index (χ0) is 41.5. The number of fused-ring (bicyclic) bond motifs is 12. The highest BCUT2D eigenvalue weighted by Crippen LogP contribution is 2.52. The Morgan fingerprint density at radius 3 is 1.44 bits per heavy atom. The Kier molecular flexibility index (Phi) is 7.16. The first-order valence-corrected chi connectivity index (χ1v) is 21.9. The highest BCUT2D eigenvalue weighted by atomic mass is 15.0. The molecule has 11 aromatic rings. The maximum atomic E-state index is 2.53. The Bertz CT molecular complexity index is 3680. The molecular weight excluding hydrogens is 749 g/mol. The fourth-order valence-electron chi connectivity index (χ4n) is 11.4. The van der Waals surface area contributed by atoms with Crippen LogP contribution in [0, 0.1) is 0 Å². The van der Waals surface area contributed by atoms with E-state index in [1.54, 1.807) is 0 Å². The average Bonchev–Trinajstić information content (AvgIpc) is 3.97. The SMILES string of the molecule is CC1(C)c2ccccc2-c2ccc(-c3cc(-c4ccc5c(c4)c4ccccc4n5-c4ccccc4)cc(-n4c5ccccc5c5cc6c(cc54)C(C)(C)c4ccccc4-6)c3)cc21. The molecule has 294 valence electrons. The molecule has 0 atom stereocenters. The minimum Gasteiger partial charge on any atom is -0.309 e. The van der Waals surface area contributed by atoms with E-state index in [1.807, 2.05) is 0 Å². The number of nitrogens with zero attached hydrogens (tertiary/aromatic N) is 2. The lowest BCUT2D eigenvalue weighted by molar-refractivity contribution is 0.660. The Balaban J connectivity index is 1.08. The third-order valence-electron chi connectivity index (χ3n) is 14.5. The van der Waals surface area contributed by atoms with Gasteiger partial charge < -0.3 is 9.13 Å². The Morgan fingerprint density at radius 1 is 0.274 bits per heavy atom. The predicted molar refractivity (Wildman–Crippen MR) is 261 cm³/mol. The zero-order valence-electron chi connectivity index (χ0n) is 35.4. The smallest absolute Gasteiger partial charge is 0.0544 e. The largest absolute Gasteiger partial charge is 0.309 e. The van der Waals surface area contributed by atoms with Crippen molar-refractivity contribution in [3.8, 4) is 55.9 Å². The van der Waals surface area contributed by atoms with Crippen LogP contribution in [0.5, 0.6) is 0 Å². The quantitative estimate of drug-likeness (QED) is 0.168. The summed E-state index contributed by atoms with van der Waals surface area (Å²) in [6, 6.07) is 72.9. The number of benzene rings is 9. The summed E-state index contributed by atoms with van der Waals surface area (Å²) in [7, 11) is 0. The van der Waals surface area contributed by atoms with Gasteiger partial charge in [-0.05, 0) is 140 Å². The molecule has 2 aromatic heterocycles. The van der Waals surface area contributed by atoms with Gasteiger partial charge in [0.1, 0.15) is 0 Å². The second-order valence-corrected chi connectivity index (χ2v) is 18.6. The second kappa shape index (κ2) is 12.6. The van der Waals surface area contributed by atoms with Gasteiger partial charge in [-0.1, -0.05) is 149 Å². The Labute approximate surface area is 362 Å². The second-order valence-electron chi connectivity index (χ2n) is 18.6. The number of hydrogen-bond acceptors (Lipinski definition) is 0. The molecular formula is C60H44N2. The van der Waals surface area contributed by atoms with E-state index in [-0.39, 0.29) is 10.8 Å². The van der Waals surface area contributed by atoms with Crippen molar-refractivity contribution in [2.45, 2.75) is 38.5 Å². The van der Waals surface area contributed by atoms with Crippen LogP contribution in [0.2, 0.25) is 0 Å². The molecule has 2 heterocycles. The maximum absolute atomic E-state index is 2.53. The summed E-state index contributed by atoms with van der Waals surface area (Å²) >= 11 is 0. The normalized spacial score (nSPS) is 14.4. The standard InChI is InChI=1S/C60H44N2/c1-59(2)51-22-12-8-18-43(51)45-28-26-38(34-53(45)59)40-30-39(37-27-29-57-49(33-37)46-20-10-14-24-55(46)61(57)41-16-6-5-7-17-41)31-42(32-40)62-56-25-15-11-21-47(56)50-35-48-44-19-9-13-23-52(44)60(3,4)54(48)36-58(50)62/h5-36H,1-4H3. The number of aromatic nitrogens is 2. The van der Waals surface area contributed by atoms with Crippen LogP contribution in [0.4, 0.5) is 0 Å². The van der Waals surface area contributed by atoms with Crippen molar-refractivity contribution in [2.24, 2.45) is 0 Å². The molecule has 0 saturated carbocycles. The lowest BCUT2D eigenvalue weighted by atomic mass is 9.81. The predicted octanol–water partition coefficient (Wildman–Crippen LogP) is 15.8. The fraction of sp³-hybridized carbons (Fsp3) is 0.100. The summed E-state index contributed by atoms with van der Waals surface area (Å²) in [6.07, 6.45) is 0. The van der Waals surface area contributed by atoms with E-state index in [1.165, 1.54) is 116 Å². The lowest BCUT2D eigenvalue weighted by Gasteiger charge is -2.22. The highest BCUT2D eigenvalue weighted by molar-refractivity contribution is 6.13. The van der Waals surface area contributed by atoms with Crippen molar-refractivity contribution in [1.29, 1.82) is 0 Å². The van der Waals surface area contributed by atoms with Gasteiger partial charge >= 0.3 is 0 Å². The summed E-state index contributed by atoms with van der Waals surface area (Å²) in [4.78, 5) is 0. The first-order valence-electron chi connectivity index (χ1n) is 21.9. The fourth-order valence-corrected chi connectivity index (χ4v) is 11.4. The lowest BCUT2D eigenvalue weighted by Crippen LogP contribution is -2.15. The third-order valence-corrected chi connectivity index (χ3v) is 14.5. The van der Waals surface area contributed by atoms with Gasteiger partial charge in [0.25, 0.3) is 0 Å². The van der Waals surface area contributed by atoms with E-state index < -0.39 is 0 Å². The average molecular weight is 793 g/mol. The third kappa shape index (κ3) is 4.81. The molecule has 13 rings (SSSR count). The van der Waals surface area contributed by atoms with Crippen molar-refractivity contribution < 1.29 is 0 Å². The monoisotopic (exact) mass is 792 g/mol. The van der Waals surface area contributed by atoms with Crippen LogP contribution >= 0.6 is 0 Å². The van der Waals surface area contributed by atoms with E-state index in [0.29, 0.717) is 0 Å². The van der Waals surface area contributed by atoms with Gasteiger partial charge in [0.05, 0.1) is 22.1 Å². The van der Waals surface area contributed by atoms with Crippen LogP contribution < -0.4 is 0 Å². The summed E-state index contributed by atoms with van der Waals surface area (Å²) in [5.74, 6) is 0. The van der Waals surface area contributed by atoms with Crippen LogP contribution in [-0.4, -0.2) is 9.13 Å². The molecule has 2 aliphatic carbocycles. The molecule has 9 aromatic carbocycles. The van der Waals surface area contributed by atoms with Crippen molar-refractivity contribution >= 4 is 43.6 Å². The topological polar surface area (TPSA) is 9.86 Å². The minimum atomic E-state index is -0.114. The van der Waals surface area contributed by atoms with Gasteiger partial charge in [-0.15, -0.1) is 0 Å². The van der Waals surface area contributed by atoms with Crippen molar-refractivity contribution in [1.82, 2.24) is 9.13 Å². The molecule has 0 unspecified atom stereocenters. The molecule has 0 radical (unpaired) electrons. The van der Waals surface area contributed by atoms with E-state index >= 15 is 0 Å². The highest BCUT2D eigenvalue weighted by Gasteiger charge is 2.37. The number of para-hydroxylation sites is 3. The Hall–Kier alpha value is -7.42. The molecule has 2 heteroatoms. The summed E-state index contributed by atoms with van der Waals surface area (Å²) in [5, 5.41) is 5.06. The summed E-state index contributed by atoms with van der Waals surface area (Å²) < 4.78 is 4.93. The van der Waals surface area contributed by atoms with Gasteiger partial charge in [-0.25, -0.2) is 0 Å². The van der Waals surface area contributed by atoms with Gasteiger partial charge in [0.2, 0.25) is 0 Å². The van der Waals surface area contributed by atoms with Gasteiger partial charge in [-0.2, -0.15) is 0 Å². The van der Waals surface area contributed by atoms with Gasteiger partial charge in [0, 0.05) is 43.7 Å². The van der Waals surface area contributed by atoms with Crippen LogP contribution in [0.3, 0.4) is 0 Å². The van der Waals surface area contributed by atoms with Crippen LogP contribution in [0.1, 0.15) is 49.9 Å². The van der Waals surface area contributed by atoms with E-state index in [2.05, 4.69) is 231 Å². The molecule has 2 nitrogen and oxygen atoms in total. The number of rotatable bonds is 4. The number of hydrogen-bond donors (Lipinski definition) is 0. The van der Waals surface area contributed by atoms with Gasteiger partial charge in [-0.3, -0.25) is 0 Å². The van der Waals surface area contributed by atoms with Gasteiger partial charge in [0.15, 0.2) is 0 Å². The van der Waals surface area contributed by atoms with Crippen LogP contribution in [-0.2, 0) is 10.8 Å². The molecule has 0 saturated heterocycles. The van der Waals surface area contributed by atoms with E-state index in [0.717, 1.165) is 5.69 Å². The summed E-state index contributed by atoms with van der Waals surface area (Å²) in [6.45, 7) is 9.52. The van der Waals surface area contributed by atoms with Crippen molar-refractivity contribution in [3.63, 3.8) is 0 Å². The molecule has 0 bridgehead atoms. The van der Waals surface area contributed by atoms with Crippen LogP contribution in [0.25, 0.3) is 99.5 Å². The van der Waals surface area contributed by atoms with Crippen molar-refractivity contribution in [2.75, 3.05) is 0 Å². The zero-order valence-corrected chi connectivity index (χ0v) is 35.4. The minimum absolute atomic E-state index is 0.0992. The molecule has 0 spiro atoms. The first kappa shape index (κ1) is 35.3. The molecule has 62 heavy (non-hydrogen) atoms. The van der Waals surface area contributed by atoms with E-state index in [4.69, 9.17) is 0 Å². The molecule has 0 amide bonds.